The Hall–Kier alpha value is -1.94. The van der Waals surface area contributed by atoms with Crippen molar-refractivity contribution >= 4 is 27.5 Å². The molecule has 2 aromatic rings. The number of pyridine rings is 1. The molecule has 1 aromatic heterocycles. The molecule has 0 radical (unpaired) electrons. The van der Waals surface area contributed by atoms with E-state index in [2.05, 4.69) is 40.0 Å². The predicted octanol–water partition coefficient (Wildman–Crippen LogP) is 5.56. The maximum absolute atomic E-state index is 12.0. The molecule has 0 unspecified atom stereocenters. The first kappa shape index (κ1) is 18.4. The molecule has 126 valence electrons. The molecule has 24 heavy (non-hydrogen) atoms. The minimum atomic E-state index is -0.293. The van der Waals surface area contributed by atoms with Gasteiger partial charge in [0.15, 0.2) is 0 Å². The Morgan fingerprint density at radius 3 is 2.71 bits per heavy atom. The van der Waals surface area contributed by atoms with Gasteiger partial charge in [-0.3, -0.25) is 4.98 Å². The Labute approximate surface area is 151 Å². The van der Waals surface area contributed by atoms with E-state index in [1.165, 1.54) is 0 Å². The van der Waals surface area contributed by atoms with Gasteiger partial charge in [-0.05, 0) is 65.5 Å². The average Bonchev–Trinajstić information content (AvgIpc) is 2.58. The van der Waals surface area contributed by atoms with Gasteiger partial charge in [0.1, 0.15) is 0 Å². The van der Waals surface area contributed by atoms with Crippen LogP contribution in [-0.4, -0.2) is 17.6 Å². The summed E-state index contributed by atoms with van der Waals surface area (Å²) in [5.41, 5.74) is 4.68. The zero-order chi connectivity index (χ0) is 17.5. The second-order valence-corrected chi connectivity index (χ2v) is 6.41. The number of carbonyl (C=O) groups is 1. The van der Waals surface area contributed by atoms with Gasteiger partial charge in [0.2, 0.25) is 0 Å². The van der Waals surface area contributed by atoms with E-state index in [1.807, 2.05) is 32.0 Å². The molecule has 1 aromatic carbocycles. The fourth-order valence-corrected chi connectivity index (χ4v) is 2.81. The molecule has 0 saturated heterocycles. The summed E-state index contributed by atoms with van der Waals surface area (Å²) in [6.45, 7) is 6.33. The number of aromatic nitrogens is 1. The molecule has 3 nitrogen and oxygen atoms in total. The van der Waals surface area contributed by atoms with E-state index >= 15 is 0 Å². The molecule has 0 fully saturated rings. The monoisotopic (exact) mass is 387 g/mol. The summed E-state index contributed by atoms with van der Waals surface area (Å²) in [5.74, 6) is -0.293. The van der Waals surface area contributed by atoms with Gasteiger partial charge < -0.3 is 4.74 Å². The number of benzene rings is 1. The zero-order valence-corrected chi connectivity index (χ0v) is 15.9. The molecule has 2 rings (SSSR count). The van der Waals surface area contributed by atoms with Crippen molar-refractivity contribution in [3.05, 3.63) is 69.5 Å². The van der Waals surface area contributed by atoms with Crippen LogP contribution in [0.3, 0.4) is 0 Å². The topological polar surface area (TPSA) is 39.2 Å². The average molecular weight is 388 g/mol. The molecule has 1 heterocycles. The minimum absolute atomic E-state index is 0.293. The van der Waals surface area contributed by atoms with Gasteiger partial charge in [0, 0.05) is 21.9 Å². The first-order valence-electron chi connectivity index (χ1n) is 8.17. The molecule has 0 amide bonds. The third kappa shape index (κ3) is 4.54. The number of nitrogens with zero attached hydrogens (tertiary/aromatic N) is 1. The van der Waals surface area contributed by atoms with Gasteiger partial charge in [-0.1, -0.05) is 31.6 Å². The highest BCUT2D eigenvalue weighted by Gasteiger charge is 2.13. The van der Waals surface area contributed by atoms with Gasteiger partial charge in [-0.2, -0.15) is 0 Å². The Morgan fingerprint density at radius 2 is 2.00 bits per heavy atom. The number of esters is 1. The molecule has 0 aliphatic carbocycles. The standard InChI is InChI=1S/C20H22BrNO2/c1-4-6-10-18(19-12-17(21)13-22-14(19)3)15-8-7-9-16(11-15)20(23)24-5-2/h7-13H,4-6H2,1-3H3/b18-10-. The SMILES string of the molecule is CCC/C=C(/c1cccc(C(=O)OCC)c1)c1cc(Br)cnc1C. The molecule has 0 aliphatic rings. The number of ether oxygens (including phenoxy) is 1. The van der Waals surface area contributed by atoms with Crippen LogP contribution in [0, 0.1) is 6.92 Å². The highest BCUT2D eigenvalue weighted by atomic mass is 79.9. The van der Waals surface area contributed by atoms with Crippen molar-refractivity contribution in [3.63, 3.8) is 0 Å². The van der Waals surface area contributed by atoms with Crippen LogP contribution >= 0.6 is 15.9 Å². The van der Waals surface area contributed by atoms with E-state index in [9.17, 15) is 4.79 Å². The minimum Gasteiger partial charge on any atom is -0.462 e. The normalized spacial score (nSPS) is 11.4. The number of halogens is 1. The van der Waals surface area contributed by atoms with Crippen LogP contribution in [0.15, 0.2) is 47.1 Å². The molecule has 0 N–H and O–H groups in total. The summed E-state index contributed by atoms with van der Waals surface area (Å²) < 4.78 is 6.05. The lowest BCUT2D eigenvalue weighted by atomic mass is 9.94. The second-order valence-electron chi connectivity index (χ2n) is 5.49. The van der Waals surface area contributed by atoms with Crippen LogP contribution in [0.5, 0.6) is 0 Å². The Kier molecular flexibility index (Phi) is 6.73. The summed E-state index contributed by atoms with van der Waals surface area (Å²) >= 11 is 3.50. The highest BCUT2D eigenvalue weighted by Crippen LogP contribution is 2.29. The molecular formula is C20H22BrNO2. The van der Waals surface area contributed by atoms with Crippen molar-refractivity contribution in [2.75, 3.05) is 6.61 Å². The molecule has 4 heteroatoms. The summed E-state index contributed by atoms with van der Waals surface area (Å²) in [7, 11) is 0. The third-order valence-corrected chi connectivity index (χ3v) is 4.10. The van der Waals surface area contributed by atoms with Crippen LogP contribution in [-0.2, 0) is 4.74 Å². The summed E-state index contributed by atoms with van der Waals surface area (Å²) in [4.78, 5) is 16.5. The van der Waals surface area contributed by atoms with Crippen molar-refractivity contribution < 1.29 is 9.53 Å². The van der Waals surface area contributed by atoms with E-state index in [0.717, 1.165) is 39.7 Å². The first-order chi connectivity index (χ1) is 11.6. The number of carbonyl (C=O) groups excluding carboxylic acids is 1. The molecule has 0 spiro atoms. The van der Waals surface area contributed by atoms with E-state index in [0.29, 0.717) is 12.2 Å². The lowest BCUT2D eigenvalue weighted by molar-refractivity contribution is 0.0526. The molecular weight excluding hydrogens is 366 g/mol. The second kappa shape index (κ2) is 8.78. The van der Waals surface area contributed by atoms with Crippen LogP contribution in [0.4, 0.5) is 0 Å². The Bertz CT molecular complexity index is 753. The van der Waals surface area contributed by atoms with Crippen LogP contribution in [0.1, 0.15) is 53.9 Å². The van der Waals surface area contributed by atoms with Crippen molar-refractivity contribution in [2.45, 2.75) is 33.6 Å². The van der Waals surface area contributed by atoms with Gasteiger partial charge in [0.05, 0.1) is 12.2 Å². The van der Waals surface area contributed by atoms with E-state index in [4.69, 9.17) is 4.74 Å². The third-order valence-electron chi connectivity index (χ3n) is 3.67. The number of hydrogen-bond donors (Lipinski definition) is 0. The van der Waals surface area contributed by atoms with E-state index < -0.39 is 0 Å². The maximum atomic E-state index is 12.0. The molecule has 0 saturated carbocycles. The molecule has 0 aliphatic heterocycles. The predicted molar refractivity (Wildman–Crippen MR) is 101 cm³/mol. The van der Waals surface area contributed by atoms with E-state index in [1.54, 1.807) is 12.3 Å². The summed E-state index contributed by atoms with van der Waals surface area (Å²) in [6, 6.07) is 9.65. The lowest BCUT2D eigenvalue weighted by Crippen LogP contribution is -2.05. The van der Waals surface area contributed by atoms with Crippen molar-refractivity contribution in [1.29, 1.82) is 0 Å². The number of rotatable bonds is 6. The summed E-state index contributed by atoms with van der Waals surface area (Å²) in [6.07, 6.45) is 6.03. The lowest BCUT2D eigenvalue weighted by Gasteiger charge is -2.13. The van der Waals surface area contributed by atoms with Gasteiger partial charge in [-0.25, -0.2) is 4.79 Å². The molecule has 0 atom stereocenters. The van der Waals surface area contributed by atoms with Gasteiger partial charge >= 0.3 is 5.97 Å². The smallest absolute Gasteiger partial charge is 0.338 e. The highest BCUT2D eigenvalue weighted by molar-refractivity contribution is 9.10. The van der Waals surface area contributed by atoms with Gasteiger partial charge in [-0.15, -0.1) is 0 Å². The van der Waals surface area contributed by atoms with E-state index in [-0.39, 0.29) is 5.97 Å². The number of hydrogen-bond acceptors (Lipinski definition) is 3. The zero-order valence-electron chi connectivity index (χ0n) is 14.3. The van der Waals surface area contributed by atoms with Crippen molar-refractivity contribution in [3.8, 4) is 0 Å². The Balaban J connectivity index is 2.51. The Morgan fingerprint density at radius 1 is 1.25 bits per heavy atom. The summed E-state index contributed by atoms with van der Waals surface area (Å²) in [5, 5.41) is 0. The van der Waals surface area contributed by atoms with Crippen LogP contribution in [0.2, 0.25) is 0 Å². The number of allylic oxidation sites excluding steroid dienone is 1. The largest absolute Gasteiger partial charge is 0.462 e. The van der Waals surface area contributed by atoms with Gasteiger partial charge in [0.25, 0.3) is 0 Å². The fourth-order valence-electron chi connectivity index (χ4n) is 2.48. The first-order valence-corrected chi connectivity index (χ1v) is 8.96. The quantitative estimate of drug-likeness (QED) is 0.608. The fraction of sp³-hybridized carbons (Fsp3) is 0.300. The molecule has 0 bridgehead atoms. The maximum Gasteiger partial charge on any atom is 0.338 e. The number of unbranched alkanes of at least 4 members (excludes halogenated alkanes) is 1. The van der Waals surface area contributed by atoms with Crippen molar-refractivity contribution in [1.82, 2.24) is 4.98 Å². The van der Waals surface area contributed by atoms with Crippen LogP contribution < -0.4 is 0 Å². The van der Waals surface area contributed by atoms with Crippen LogP contribution in [0.25, 0.3) is 5.57 Å². The number of aryl methyl sites for hydroxylation is 1. The van der Waals surface area contributed by atoms with Crippen molar-refractivity contribution in [2.24, 2.45) is 0 Å².